The van der Waals surface area contributed by atoms with Crippen LogP contribution in [-0.2, 0) is 0 Å². The molecule has 88 valence electrons. The second-order valence-electron chi connectivity index (χ2n) is 4.03. The van der Waals surface area contributed by atoms with E-state index < -0.39 is 0 Å². The van der Waals surface area contributed by atoms with Crippen LogP contribution in [0.15, 0.2) is 60.8 Å². The lowest BCUT2D eigenvalue weighted by molar-refractivity contribution is 0.483. The maximum atomic E-state index is 5.75. The van der Waals surface area contributed by atoms with Crippen LogP contribution in [0, 0.1) is 0 Å². The first-order valence-electron chi connectivity index (χ1n) is 5.69. The van der Waals surface area contributed by atoms with Crippen LogP contribution >= 0.6 is 0 Å². The van der Waals surface area contributed by atoms with Gasteiger partial charge < -0.3 is 10.5 Å². The Hall–Kier alpha value is -2.55. The Bertz CT molecular complexity index is 695. The molecule has 3 nitrogen and oxygen atoms in total. The third kappa shape index (κ3) is 2.11. The quantitative estimate of drug-likeness (QED) is 0.691. The molecule has 3 rings (SSSR count). The number of hydrogen-bond donors (Lipinski definition) is 1. The summed E-state index contributed by atoms with van der Waals surface area (Å²) in [7, 11) is 0. The molecule has 1 heterocycles. The predicted octanol–water partition coefficient (Wildman–Crippen LogP) is 3.61. The lowest BCUT2D eigenvalue weighted by atomic mass is 10.2. The maximum absolute atomic E-state index is 5.75. The fraction of sp³-hybridized carbons (Fsp3) is 0. The Labute approximate surface area is 105 Å². The number of nitrogens with two attached hydrogens (primary N) is 1. The van der Waals surface area contributed by atoms with Crippen molar-refractivity contribution in [3.8, 4) is 11.5 Å². The van der Waals surface area contributed by atoms with E-state index in [9.17, 15) is 0 Å². The molecule has 3 aromatic rings. The molecule has 0 fully saturated rings. The van der Waals surface area contributed by atoms with Crippen LogP contribution in [0.1, 0.15) is 0 Å². The number of pyridine rings is 1. The number of nitrogens with zero attached hydrogens (tertiary/aromatic N) is 1. The normalized spacial score (nSPS) is 10.4. The summed E-state index contributed by atoms with van der Waals surface area (Å²) in [5.41, 5.74) is 7.31. The molecular weight excluding hydrogens is 224 g/mol. The Kier molecular flexibility index (Phi) is 2.57. The fourth-order valence-corrected chi connectivity index (χ4v) is 1.82. The van der Waals surface area contributed by atoms with E-state index in [1.54, 1.807) is 12.3 Å². The Balaban J connectivity index is 1.95. The number of rotatable bonds is 2. The molecule has 0 aliphatic rings. The maximum Gasteiger partial charge on any atom is 0.129 e. The molecule has 0 unspecified atom stereocenters. The highest BCUT2D eigenvalue weighted by molar-refractivity contribution is 5.79. The topological polar surface area (TPSA) is 48.1 Å². The SMILES string of the molecule is Nc1cccc(Oc2ccc3cccnc3c2)c1. The minimum Gasteiger partial charge on any atom is -0.457 e. The van der Waals surface area contributed by atoms with Gasteiger partial charge in [-0.2, -0.15) is 0 Å². The molecule has 0 saturated carbocycles. The van der Waals surface area contributed by atoms with Crippen molar-refractivity contribution in [2.24, 2.45) is 0 Å². The molecule has 2 aromatic carbocycles. The van der Waals surface area contributed by atoms with Crippen LogP contribution in [0.4, 0.5) is 5.69 Å². The summed E-state index contributed by atoms with van der Waals surface area (Å²) in [6.45, 7) is 0. The number of nitrogen functional groups attached to an aromatic ring is 1. The molecule has 0 bridgehead atoms. The van der Waals surface area contributed by atoms with Crippen molar-refractivity contribution < 1.29 is 4.74 Å². The minimum atomic E-state index is 0.686. The van der Waals surface area contributed by atoms with Crippen molar-refractivity contribution in [1.82, 2.24) is 4.98 Å². The second kappa shape index (κ2) is 4.37. The van der Waals surface area contributed by atoms with Crippen molar-refractivity contribution in [1.29, 1.82) is 0 Å². The monoisotopic (exact) mass is 236 g/mol. The molecule has 18 heavy (non-hydrogen) atoms. The standard InChI is InChI=1S/C15H12N2O/c16-12-4-1-5-13(9-12)18-14-7-6-11-3-2-8-17-15(11)10-14/h1-10H,16H2. The molecule has 0 saturated heterocycles. The van der Waals surface area contributed by atoms with Gasteiger partial charge in [-0.25, -0.2) is 0 Å². The molecule has 0 radical (unpaired) electrons. The van der Waals surface area contributed by atoms with E-state index in [-0.39, 0.29) is 0 Å². The second-order valence-corrected chi connectivity index (χ2v) is 4.03. The summed E-state index contributed by atoms with van der Waals surface area (Å²) in [5, 5.41) is 1.09. The van der Waals surface area contributed by atoms with Gasteiger partial charge in [0.1, 0.15) is 11.5 Å². The van der Waals surface area contributed by atoms with E-state index in [4.69, 9.17) is 10.5 Å². The molecule has 0 spiro atoms. The molecule has 0 aliphatic heterocycles. The molecular formula is C15H12N2O. The minimum absolute atomic E-state index is 0.686. The third-order valence-corrected chi connectivity index (χ3v) is 2.67. The smallest absolute Gasteiger partial charge is 0.129 e. The summed E-state index contributed by atoms with van der Waals surface area (Å²) in [6, 6.07) is 17.1. The summed E-state index contributed by atoms with van der Waals surface area (Å²) >= 11 is 0. The molecule has 0 atom stereocenters. The highest BCUT2D eigenvalue weighted by Crippen LogP contribution is 2.25. The van der Waals surface area contributed by atoms with Gasteiger partial charge in [-0.1, -0.05) is 12.1 Å². The lowest BCUT2D eigenvalue weighted by Gasteiger charge is -2.07. The molecule has 0 aliphatic carbocycles. The Morgan fingerprint density at radius 3 is 2.67 bits per heavy atom. The van der Waals surface area contributed by atoms with Crippen LogP contribution in [0.3, 0.4) is 0 Å². The predicted molar refractivity (Wildman–Crippen MR) is 72.7 cm³/mol. The third-order valence-electron chi connectivity index (χ3n) is 2.67. The number of anilines is 1. The first-order chi connectivity index (χ1) is 8.81. The molecule has 2 N–H and O–H groups in total. The van der Waals surface area contributed by atoms with Crippen LogP contribution in [0.25, 0.3) is 10.9 Å². The van der Waals surface area contributed by atoms with Gasteiger partial charge in [0.15, 0.2) is 0 Å². The van der Waals surface area contributed by atoms with Crippen LogP contribution in [-0.4, -0.2) is 4.98 Å². The Morgan fingerprint density at radius 2 is 1.78 bits per heavy atom. The van der Waals surface area contributed by atoms with Gasteiger partial charge in [0.2, 0.25) is 0 Å². The van der Waals surface area contributed by atoms with Crippen molar-refractivity contribution in [3.05, 3.63) is 60.8 Å². The molecule has 3 heteroatoms. The van der Waals surface area contributed by atoms with E-state index in [0.29, 0.717) is 5.69 Å². The summed E-state index contributed by atoms with van der Waals surface area (Å²) in [5.74, 6) is 1.48. The first-order valence-corrected chi connectivity index (χ1v) is 5.69. The van der Waals surface area contributed by atoms with E-state index in [2.05, 4.69) is 4.98 Å². The van der Waals surface area contributed by atoms with Gasteiger partial charge in [0.05, 0.1) is 5.52 Å². The molecule has 0 amide bonds. The van der Waals surface area contributed by atoms with Crippen LogP contribution in [0.5, 0.6) is 11.5 Å². The number of aromatic nitrogens is 1. The van der Waals surface area contributed by atoms with Crippen molar-refractivity contribution in [2.75, 3.05) is 5.73 Å². The van der Waals surface area contributed by atoms with Gasteiger partial charge in [-0.15, -0.1) is 0 Å². The van der Waals surface area contributed by atoms with E-state index in [1.165, 1.54) is 0 Å². The van der Waals surface area contributed by atoms with Crippen molar-refractivity contribution in [2.45, 2.75) is 0 Å². The number of hydrogen-bond acceptors (Lipinski definition) is 3. The van der Waals surface area contributed by atoms with Crippen molar-refractivity contribution in [3.63, 3.8) is 0 Å². The van der Waals surface area contributed by atoms with E-state index in [0.717, 1.165) is 22.4 Å². The highest BCUT2D eigenvalue weighted by Gasteiger charge is 2.00. The van der Waals surface area contributed by atoms with Crippen molar-refractivity contribution >= 4 is 16.6 Å². The van der Waals surface area contributed by atoms with E-state index in [1.807, 2.05) is 48.5 Å². The zero-order chi connectivity index (χ0) is 12.4. The number of fused-ring (bicyclic) bond motifs is 1. The van der Waals surface area contributed by atoms with E-state index >= 15 is 0 Å². The van der Waals surface area contributed by atoms with Gasteiger partial charge in [-0.05, 0) is 30.3 Å². The average Bonchev–Trinajstić information content (AvgIpc) is 2.39. The lowest BCUT2D eigenvalue weighted by Crippen LogP contribution is -1.88. The summed E-state index contributed by atoms with van der Waals surface area (Å²) in [6.07, 6.45) is 1.77. The van der Waals surface area contributed by atoms with Gasteiger partial charge in [0.25, 0.3) is 0 Å². The largest absolute Gasteiger partial charge is 0.457 e. The number of ether oxygens (including phenoxy) is 1. The molecule has 1 aromatic heterocycles. The number of benzene rings is 2. The summed E-state index contributed by atoms with van der Waals surface area (Å²) < 4.78 is 5.75. The highest BCUT2D eigenvalue weighted by atomic mass is 16.5. The van der Waals surface area contributed by atoms with Gasteiger partial charge in [-0.3, -0.25) is 4.98 Å². The zero-order valence-corrected chi connectivity index (χ0v) is 9.71. The van der Waals surface area contributed by atoms with Gasteiger partial charge >= 0.3 is 0 Å². The Morgan fingerprint density at radius 1 is 0.889 bits per heavy atom. The fourth-order valence-electron chi connectivity index (χ4n) is 1.82. The zero-order valence-electron chi connectivity index (χ0n) is 9.71. The van der Waals surface area contributed by atoms with Crippen LogP contribution in [0.2, 0.25) is 0 Å². The summed E-state index contributed by atoms with van der Waals surface area (Å²) in [4.78, 5) is 4.30. The first kappa shape index (κ1) is 10.6. The van der Waals surface area contributed by atoms with Gasteiger partial charge in [0, 0.05) is 29.4 Å². The average molecular weight is 236 g/mol. The van der Waals surface area contributed by atoms with Crippen LogP contribution < -0.4 is 10.5 Å².